The number of hydrogen-bond donors (Lipinski definition) is 2. The maximum Gasteiger partial charge on any atom is 0.171 e. The molecule has 0 saturated heterocycles. The molecule has 0 spiro atoms. The average Bonchev–Trinajstić information content (AvgIpc) is 2.39. The number of thiocarbonyl (C=S) groups is 1. The Bertz CT molecular complexity index is 489. The van der Waals surface area contributed by atoms with Crippen molar-refractivity contribution in [3.63, 3.8) is 0 Å². The van der Waals surface area contributed by atoms with Gasteiger partial charge in [-0.3, -0.25) is 0 Å². The summed E-state index contributed by atoms with van der Waals surface area (Å²) in [6.45, 7) is 6.32. The summed E-state index contributed by atoms with van der Waals surface area (Å²) in [5.41, 5.74) is 1.34. The molecule has 1 aromatic carbocycles. The van der Waals surface area contributed by atoms with Gasteiger partial charge in [0.25, 0.3) is 0 Å². The zero-order chi connectivity index (χ0) is 14.7. The summed E-state index contributed by atoms with van der Waals surface area (Å²) in [6, 6.07) is 5.50. The first-order valence-electron chi connectivity index (χ1n) is 7.31. The van der Waals surface area contributed by atoms with Crippen molar-refractivity contribution in [3.8, 4) is 0 Å². The SMILES string of the molecule is Cc1ccc(NC(=S)N[C@@H]2CCC[C@@H](C)[C@@H]2C)cc1F. The number of nitrogens with one attached hydrogen (secondary N) is 2. The molecule has 0 radical (unpaired) electrons. The van der Waals surface area contributed by atoms with Gasteiger partial charge in [0.1, 0.15) is 5.82 Å². The molecule has 4 heteroatoms. The first kappa shape index (κ1) is 15.2. The van der Waals surface area contributed by atoms with E-state index in [-0.39, 0.29) is 5.82 Å². The molecule has 20 heavy (non-hydrogen) atoms. The molecule has 2 N–H and O–H groups in total. The Morgan fingerprint density at radius 3 is 2.75 bits per heavy atom. The quantitative estimate of drug-likeness (QED) is 0.798. The molecule has 0 amide bonds. The van der Waals surface area contributed by atoms with E-state index < -0.39 is 0 Å². The number of rotatable bonds is 2. The summed E-state index contributed by atoms with van der Waals surface area (Å²) in [7, 11) is 0. The van der Waals surface area contributed by atoms with Gasteiger partial charge in [-0.15, -0.1) is 0 Å². The Labute approximate surface area is 126 Å². The number of hydrogen-bond acceptors (Lipinski definition) is 1. The van der Waals surface area contributed by atoms with Gasteiger partial charge in [-0.25, -0.2) is 4.39 Å². The van der Waals surface area contributed by atoms with Crippen molar-refractivity contribution in [1.29, 1.82) is 0 Å². The number of anilines is 1. The summed E-state index contributed by atoms with van der Waals surface area (Å²) in [5, 5.41) is 7.04. The van der Waals surface area contributed by atoms with E-state index in [4.69, 9.17) is 12.2 Å². The largest absolute Gasteiger partial charge is 0.359 e. The molecule has 0 bridgehead atoms. The summed E-state index contributed by atoms with van der Waals surface area (Å²) in [4.78, 5) is 0. The van der Waals surface area contributed by atoms with E-state index in [1.807, 2.05) is 6.07 Å². The third-order valence-corrected chi connectivity index (χ3v) is 4.67. The number of halogens is 1. The lowest BCUT2D eigenvalue weighted by atomic mass is 9.78. The summed E-state index contributed by atoms with van der Waals surface area (Å²) in [6.07, 6.45) is 3.68. The monoisotopic (exact) mass is 294 g/mol. The lowest BCUT2D eigenvalue weighted by Crippen LogP contribution is -2.45. The Morgan fingerprint density at radius 2 is 2.05 bits per heavy atom. The molecule has 1 aliphatic carbocycles. The fraction of sp³-hybridized carbons (Fsp3) is 0.562. The minimum Gasteiger partial charge on any atom is -0.359 e. The van der Waals surface area contributed by atoms with E-state index in [9.17, 15) is 4.39 Å². The molecule has 1 saturated carbocycles. The topological polar surface area (TPSA) is 24.1 Å². The van der Waals surface area contributed by atoms with Crippen molar-refractivity contribution in [3.05, 3.63) is 29.6 Å². The van der Waals surface area contributed by atoms with Crippen LogP contribution in [0, 0.1) is 24.6 Å². The Kier molecular flexibility index (Phi) is 4.97. The van der Waals surface area contributed by atoms with Crippen LogP contribution in [0.3, 0.4) is 0 Å². The van der Waals surface area contributed by atoms with Crippen molar-refractivity contribution in [2.24, 2.45) is 11.8 Å². The molecule has 2 rings (SSSR count). The van der Waals surface area contributed by atoms with Crippen LogP contribution < -0.4 is 10.6 Å². The van der Waals surface area contributed by atoms with Crippen molar-refractivity contribution in [2.75, 3.05) is 5.32 Å². The second-order valence-electron chi connectivity index (χ2n) is 5.94. The van der Waals surface area contributed by atoms with Gasteiger partial charge in [0.2, 0.25) is 0 Å². The fourth-order valence-electron chi connectivity index (χ4n) is 2.79. The van der Waals surface area contributed by atoms with Crippen LogP contribution in [-0.2, 0) is 0 Å². The van der Waals surface area contributed by atoms with E-state index in [0.717, 1.165) is 12.3 Å². The molecule has 3 atom stereocenters. The molecular formula is C16H23FN2S. The Balaban J connectivity index is 1.93. The predicted octanol–water partition coefficient (Wildman–Crippen LogP) is 4.25. The van der Waals surface area contributed by atoms with E-state index in [1.165, 1.54) is 18.9 Å². The molecule has 1 fully saturated rings. The van der Waals surface area contributed by atoms with Crippen LogP contribution in [0.25, 0.3) is 0 Å². The number of benzene rings is 1. The molecule has 1 aliphatic rings. The van der Waals surface area contributed by atoms with E-state index >= 15 is 0 Å². The predicted molar refractivity (Wildman–Crippen MR) is 86.5 cm³/mol. The lowest BCUT2D eigenvalue weighted by Gasteiger charge is -2.35. The van der Waals surface area contributed by atoms with E-state index in [2.05, 4.69) is 24.5 Å². The van der Waals surface area contributed by atoms with Crippen LogP contribution >= 0.6 is 12.2 Å². The third kappa shape index (κ3) is 3.69. The molecule has 0 aliphatic heterocycles. The lowest BCUT2D eigenvalue weighted by molar-refractivity contribution is 0.225. The van der Waals surface area contributed by atoms with Gasteiger partial charge in [0.15, 0.2) is 5.11 Å². The fourth-order valence-corrected chi connectivity index (χ4v) is 3.06. The highest BCUT2D eigenvalue weighted by Gasteiger charge is 2.27. The molecule has 1 aromatic rings. The molecular weight excluding hydrogens is 271 g/mol. The summed E-state index contributed by atoms with van der Waals surface area (Å²) < 4.78 is 13.5. The van der Waals surface area contributed by atoms with Crippen LogP contribution in [-0.4, -0.2) is 11.2 Å². The first-order chi connectivity index (χ1) is 9.47. The van der Waals surface area contributed by atoms with Crippen LogP contribution in [0.15, 0.2) is 18.2 Å². The average molecular weight is 294 g/mol. The summed E-state index contributed by atoms with van der Waals surface area (Å²) in [5.74, 6) is 1.12. The van der Waals surface area contributed by atoms with Crippen LogP contribution in [0.2, 0.25) is 0 Å². The highest BCUT2D eigenvalue weighted by molar-refractivity contribution is 7.80. The standard InChI is InChI=1S/C16H23FN2S/c1-10-5-4-6-15(12(10)3)19-16(20)18-13-8-7-11(2)14(17)9-13/h7-10,12,15H,4-6H2,1-3H3,(H2,18,19,20)/t10-,12+,15-/m1/s1. The van der Waals surface area contributed by atoms with Crippen molar-refractivity contribution < 1.29 is 4.39 Å². The zero-order valence-electron chi connectivity index (χ0n) is 12.4. The van der Waals surface area contributed by atoms with Gasteiger partial charge < -0.3 is 10.6 Å². The highest BCUT2D eigenvalue weighted by atomic mass is 32.1. The van der Waals surface area contributed by atoms with Gasteiger partial charge in [0, 0.05) is 11.7 Å². The van der Waals surface area contributed by atoms with Gasteiger partial charge in [-0.1, -0.05) is 32.8 Å². The summed E-state index contributed by atoms with van der Waals surface area (Å²) >= 11 is 5.34. The van der Waals surface area contributed by atoms with Crippen LogP contribution in [0.4, 0.5) is 10.1 Å². The van der Waals surface area contributed by atoms with E-state index in [1.54, 1.807) is 13.0 Å². The molecule has 110 valence electrons. The molecule has 2 nitrogen and oxygen atoms in total. The second-order valence-corrected chi connectivity index (χ2v) is 6.34. The normalized spacial score (nSPS) is 26.1. The first-order valence-corrected chi connectivity index (χ1v) is 7.72. The minimum absolute atomic E-state index is 0.211. The van der Waals surface area contributed by atoms with Crippen molar-refractivity contribution in [1.82, 2.24) is 5.32 Å². The van der Waals surface area contributed by atoms with Gasteiger partial charge >= 0.3 is 0 Å². The number of aryl methyl sites for hydroxylation is 1. The molecule has 0 aromatic heterocycles. The Hall–Kier alpha value is -1.16. The van der Waals surface area contributed by atoms with Gasteiger partial charge in [0.05, 0.1) is 0 Å². The minimum atomic E-state index is -0.211. The maximum atomic E-state index is 13.5. The zero-order valence-corrected chi connectivity index (χ0v) is 13.2. The van der Waals surface area contributed by atoms with Crippen molar-refractivity contribution in [2.45, 2.75) is 46.1 Å². The van der Waals surface area contributed by atoms with Crippen molar-refractivity contribution >= 4 is 23.0 Å². The molecule has 0 unspecified atom stereocenters. The van der Waals surface area contributed by atoms with Crippen LogP contribution in [0.1, 0.15) is 38.7 Å². The van der Waals surface area contributed by atoms with Crippen LogP contribution in [0.5, 0.6) is 0 Å². The van der Waals surface area contributed by atoms with Gasteiger partial charge in [-0.2, -0.15) is 0 Å². The van der Waals surface area contributed by atoms with Gasteiger partial charge in [-0.05, 0) is 55.1 Å². The molecule has 0 heterocycles. The smallest absolute Gasteiger partial charge is 0.171 e. The Morgan fingerprint density at radius 1 is 1.30 bits per heavy atom. The third-order valence-electron chi connectivity index (χ3n) is 4.45. The highest BCUT2D eigenvalue weighted by Crippen LogP contribution is 2.29. The second kappa shape index (κ2) is 6.53. The van der Waals surface area contributed by atoms with E-state index in [0.29, 0.717) is 28.3 Å². The maximum absolute atomic E-state index is 13.5.